The molecule has 8 nitrogen and oxygen atoms in total. The summed E-state index contributed by atoms with van der Waals surface area (Å²) in [5, 5.41) is 3.73. The van der Waals surface area contributed by atoms with E-state index >= 15 is 0 Å². The third-order valence-corrected chi connectivity index (χ3v) is 3.60. The van der Waals surface area contributed by atoms with Crippen LogP contribution in [0.2, 0.25) is 0 Å². The number of nitrogens with two attached hydrogens (primary N) is 1. The largest absolute Gasteiger partial charge is 0.378 e. The van der Waals surface area contributed by atoms with Gasteiger partial charge in [0.25, 0.3) is 0 Å². The Balaban J connectivity index is 2.24. The maximum Gasteiger partial charge on any atom is 0.231 e. The average Bonchev–Trinajstić information content (AvgIpc) is 2.44. The second-order valence-electron chi connectivity index (χ2n) is 5.97. The van der Waals surface area contributed by atoms with Crippen molar-refractivity contribution in [3.63, 3.8) is 0 Å². The highest BCUT2D eigenvalue weighted by Gasteiger charge is 2.19. The molecule has 0 spiro atoms. The Morgan fingerprint density at radius 1 is 1.32 bits per heavy atom. The van der Waals surface area contributed by atoms with Gasteiger partial charge in [-0.1, -0.05) is 11.8 Å². The van der Waals surface area contributed by atoms with Crippen molar-refractivity contribution in [2.75, 3.05) is 42.3 Å². The molecular formula is C13H22N6O2S. The zero-order valence-electron chi connectivity index (χ0n) is 13.1. The van der Waals surface area contributed by atoms with Crippen LogP contribution in [-0.4, -0.2) is 58.5 Å². The summed E-state index contributed by atoms with van der Waals surface area (Å²) < 4.78 is 5.35. The molecule has 2 rings (SSSR count). The highest BCUT2D eigenvalue weighted by molar-refractivity contribution is 7.99. The lowest BCUT2D eigenvalue weighted by molar-refractivity contribution is -0.115. The maximum atomic E-state index is 11.0. The standard InChI is InChI=1S/C13H22N6O2S/c1-13(2,3)18-10-15-11(19-4-6-21-7-5-19)17-12(16-10)22-8-9(14)20/h4-8H2,1-3H3,(H2,14,20)(H,15,16,17,18). The number of amides is 1. The number of primary amides is 1. The lowest BCUT2D eigenvalue weighted by Crippen LogP contribution is -2.38. The summed E-state index contributed by atoms with van der Waals surface area (Å²) in [6.45, 7) is 8.86. The minimum Gasteiger partial charge on any atom is -0.378 e. The second kappa shape index (κ2) is 7.10. The second-order valence-corrected chi connectivity index (χ2v) is 6.91. The van der Waals surface area contributed by atoms with E-state index < -0.39 is 5.91 Å². The predicted molar refractivity (Wildman–Crippen MR) is 86.2 cm³/mol. The number of nitrogens with zero attached hydrogens (tertiary/aromatic N) is 4. The van der Waals surface area contributed by atoms with E-state index in [1.54, 1.807) is 0 Å². The normalized spacial score (nSPS) is 15.7. The van der Waals surface area contributed by atoms with E-state index in [0.29, 0.717) is 30.3 Å². The molecule has 1 fully saturated rings. The first kappa shape index (κ1) is 16.8. The lowest BCUT2D eigenvalue weighted by atomic mass is 10.1. The fraction of sp³-hybridized carbons (Fsp3) is 0.692. The predicted octanol–water partition coefficient (Wildman–Crippen LogP) is 0.496. The summed E-state index contributed by atoms with van der Waals surface area (Å²) in [7, 11) is 0. The van der Waals surface area contributed by atoms with Gasteiger partial charge in [0.2, 0.25) is 17.8 Å². The van der Waals surface area contributed by atoms with E-state index in [1.807, 2.05) is 25.7 Å². The summed E-state index contributed by atoms with van der Waals surface area (Å²) in [4.78, 5) is 26.3. The number of hydrogen-bond donors (Lipinski definition) is 2. The van der Waals surface area contributed by atoms with Gasteiger partial charge in [0.15, 0.2) is 5.16 Å². The molecule has 1 aliphatic heterocycles. The van der Waals surface area contributed by atoms with Crippen LogP contribution in [0.15, 0.2) is 5.16 Å². The Kier molecular flexibility index (Phi) is 5.41. The zero-order valence-corrected chi connectivity index (χ0v) is 13.9. The van der Waals surface area contributed by atoms with E-state index in [0.717, 1.165) is 13.1 Å². The van der Waals surface area contributed by atoms with Gasteiger partial charge in [-0.05, 0) is 20.8 Å². The molecule has 0 aromatic carbocycles. The van der Waals surface area contributed by atoms with Gasteiger partial charge in [-0.25, -0.2) is 0 Å². The average molecular weight is 326 g/mol. The Bertz CT molecular complexity index is 528. The van der Waals surface area contributed by atoms with Crippen LogP contribution < -0.4 is 16.0 Å². The fourth-order valence-corrected chi connectivity index (χ4v) is 2.41. The van der Waals surface area contributed by atoms with E-state index in [9.17, 15) is 4.79 Å². The topological polar surface area (TPSA) is 106 Å². The molecule has 0 aliphatic carbocycles. The molecule has 2 heterocycles. The Morgan fingerprint density at radius 2 is 2.00 bits per heavy atom. The Labute approximate surface area is 134 Å². The Morgan fingerprint density at radius 3 is 2.59 bits per heavy atom. The molecule has 1 aromatic heterocycles. The van der Waals surface area contributed by atoms with E-state index in [1.165, 1.54) is 11.8 Å². The molecule has 9 heteroatoms. The van der Waals surface area contributed by atoms with Crippen LogP contribution in [0.3, 0.4) is 0 Å². The number of morpholine rings is 1. The molecule has 1 amide bonds. The minimum atomic E-state index is -0.399. The summed E-state index contributed by atoms with van der Waals surface area (Å²) in [5.74, 6) is 0.832. The van der Waals surface area contributed by atoms with Gasteiger partial charge >= 0.3 is 0 Å². The van der Waals surface area contributed by atoms with Crippen molar-refractivity contribution in [2.45, 2.75) is 31.5 Å². The number of carbonyl (C=O) groups is 1. The molecule has 22 heavy (non-hydrogen) atoms. The summed E-state index contributed by atoms with van der Waals surface area (Å²) in [6, 6.07) is 0. The molecule has 0 bridgehead atoms. The van der Waals surface area contributed by atoms with E-state index in [-0.39, 0.29) is 11.3 Å². The van der Waals surface area contributed by atoms with E-state index in [2.05, 4.69) is 20.3 Å². The molecule has 0 saturated carbocycles. The van der Waals surface area contributed by atoms with Gasteiger partial charge in [0.1, 0.15) is 0 Å². The highest BCUT2D eigenvalue weighted by Crippen LogP contribution is 2.20. The van der Waals surface area contributed by atoms with Crippen LogP contribution in [0.4, 0.5) is 11.9 Å². The summed E-state index contributed by atoms with van der Waals surface area (Å²) >= 11 is 1.21. The molecule has 1 aliphatic rings. The van der Waals surface area contributed by atoms with E-state index in [4.69, 9.17) is 10.5 Å². The third-order valence-electron chi connectivity index (χ3n) is 2.73. The monoisotopic (exact) mass is 326 g/mol. The van der Waals surface area contributed by atoms with Crippen LogP contribution in [0.25, 0.3) is 0 Å². The summed E-state index contributed by atoms with van der Waals surface area (Å²) in [5.41, 5.74) is 5.02. The van der Waals surface area contributed by atoms with Gasteiger partial charge in [-0.2, -0.15) is 15.0 Å². The number of nitrogens with one attached hydrogen (secondary N) is 1. The smallest absolute Gasteiger partial charge is 0.231 e. The minimum absolute atomic E-state index is 0.140. The molecule has 1 saturated heterocycles. The van der Waals surface area contributed by atoms with Crippen LogP contribution in [0.5, 0.6) is 0 Å². The summed E-state index contributed by atoms with van der Waals surface area (Å²) in [6.07, 6.45) is 0. The van der Waals surface area contributed by atoms with Gasteiger partial charge in [0, 0.05) is 18.6 Å². The van der Waals surface area contributed by atoms with Crippen molar-refractivity contribution in [1.82, 2.24) is 15.0 Å². The first-order valence-corrected chi connectivity index (χ1v) is 8.10. The number of hydrogen-bond acceptors (Lipinski definition) is 8. The van der Waals surface area contributed by atoms with Crippen molar-refractivity contribution in [3.8, 4) is 0 Å². The molecule has 0 atom stereocenters. The molecule has 0 radical (unpaired) electrons. The number of anilines is 2. The molecule has 122 valence electrons. The number of rotatable bonds is 5. The molecular weight excluding hydrogens is 304 g/mol. The van der Waals surface area contributed by atoms with Crippen molar-refractivity contribution < 1.29 is 9.53 Å². The van der Waals surface area contributed by atoms with Gasteiger partial charge in [-0.3, -0.25) is 4.79 Å². The lowest BCUT2D eigenvalue weighted by Gasteiger charge is -2.28. The number of aromatic nitrogens is 3. The van der Waals surface area contributed by atoms with Gasteiger partial charge in [-0.15, -0.1) is 0 Å². The van der Waals surface area contributed by atoms with Crippen molar-refractivity contribution in [2.24, 2.45) is 5.73 Å². The highest BCUT2D eigenvalue weighted by atomic mass is 32.2. The third kappa shape index (κ3) is 5.30. The SMILES string of the molecule is CC(C)(C)Nc1nc(SCC(N)=O)nc(N2CCOCC2)n1. The Hall–Kier alpha value is -1.61. The molecule has 0 unspecified atom stereocenters. The number of thioether (sulfide) groups is 1. The van der Waals surface area contributed by atoms with Crippen LogP contribution >= 0.6 is 11.8 Å². The van der Waals surface area contributed by atoms with Gasteiger partial charge < -0.3 is 20.7 Å². The van der Waals surface area contributed by atoms with Crippen molar-refractivity contribution in [3.05, 3.63) is 0 Å². The van der Waals surface area contributed by atoms with Gasteiger partial charge in [0.05, 0.1) is 19.0 Å². The van der Waals surface area contributed by atoms with Crippen molar-refractivity contribution in [1.29, 1.82) is 0 Å². The number of carbonyl (C=O) groups excluding carboxylic acids is 1. The molecule has 3 N–H and O–H groups in total. The maximum absolute atomic E-state index is 11.0. The number of ether oxygens (including phenoxy) is 1. The van der Waals surface area contributed by atoms with Crippen LogP contribution in [0.1, 0.15) is 20.8 Å². The quantitative estimate of drug-likeness (QED) is 0.753. The first-order valence-electron chi connectivity index (χ1n) is 7.11. The first-order chi connectivity index (χ1) is 10.3. The zero-order chi connectivity index (χ0) is 16.2. The van der Waals surface area contributed by atoms with Crippen LogP contribution in [-0.2, 0) is 9.53 Å². The molecule has 1 aromatic rings. The van der Waals surface area contributed by atoms with Crippen LogP contribution in [0, 0.1) is 0 Å². The van der Waals surface area contributed by atoms with Crippen molar-refractivity contribution >= 4 is 29.6 Å². The fourth-order valence-electron chi connectivity index (χ4n) is 1.84.